The molecule has 0 aliphatic carbocycles. The fourth-order valence-corrected chi connectivity index (χ4v) is 2.70. The predicted molar refractivity (Wildman–Crippen MR) is 66.8 cm³/mol. The zero-order valence-electron chi connectivity index (χ0n) is 10.1. The number of amides is 1. The molecule has 2 N–H and O–H groups in total. The van der Waals surface area contributed by atoms with E-state index >= 15 is 0 Å². The first-order valence-electron chi connectivity index (χ1n) is 6.31. The minimum Gasteiger partial charge on any atom is -0.324 e. The highest BCUT2D eigenvalue weighted by Gasteiger charge is 2.35. The van der Waals surface area contributed by atoms with Gasteiger partial charge in [0.05, 0.1) is 0 Å². The Balaban J connectivity index is 1.92. The van der Waals surface area contributed by atoms with Crippen LogP contribution in [-0.2, 0) is 4.79 Å². The molecule has 2 aliphatic rings. The Morgan fingerprint density at radius 2 is 2.17 bits per heavy atom. The second-order valence-electron chi connectivity index (χ2n) is 4.76. The molecule has 1 fully saturated rings. The molecule has 1 aromatic rings. The van der Waals surface area contributed by atoms with E-state index in [9.17, 15) is 9.18 Å². The molecule has 1 atom stereocenters. The summed E-state index contributed by atoms with van der Waals surface area (Å²) in [7, 11) is 0. The lowest BCUT2D eigenvalue weighted by Gasteiger charge is -2.25. The lowest BCUT2D eigenvalue weighted by Crippen LogP contribution is -2.35. The highest BCUT2D eigenvalue weighted by Crippen LogP contribution is 2.35. The lowest BCUT2D eigenvalue weighted by atomic mass is 10.1. The van der Waals surface area contributed by atoms with Crippen LogP contribution in [0.1, 0.15) is 18.0 Å². The Labute approximate surface area is 105 Å². The van der Waals surface area contributed by atoms with Crippen LogP contribution in [0.4, 0.5) is 10.1 Å². The van der Waals surface area contributed by atoms with Crippen LogP contribution >= 0.6 is 0 Å². The number of nitrogens with one attached hydrogen (secondary N) is 2. The molecule has 2 aliphatic heterocycles. The van der Waals surface area contributed by atoms with Gasteiger partial charge in [-0.1, -0.05) is 0 Å². The Morgan fingerprint density at radius 1 is 1.28 bits per heavy atom. The smallest absolute Gasteiger partial charge is 0.246 e. The topological polar surface area (TPSA) is 44.4 Å². The van der Waals surface area contributed by atoms with Crippen LogP contribution in [0.5, 0.6) is 0 Å². The zero-order chi connectivity index (χ0) is 12.5. The molecule has 96 valence electrons. The van der Waals surface area contributed by atoms with Gasteiger partial charge in [0.25, 0.3) is 0 Å². The molecule has 0 spiro atoms. The molecule has 3 rings (SSSR count). The van der Waals surface area contributed by atoms with Crippen molar-refractivity contribution in [3.8, 4) is 0 Å². The summed E-state index contributed by atoms with van der Waals surface area (Å²) in [5, 5.41) is 6.13. The van der Waals surface area contributed by atoms with E-state index in [-0.39, 0.29) is 17.8 Å². The van der Waals surface area contributed by atoms with Gasteiger partial charge in [-0.2, -0.15) is 0 Å². The number of hydrogen-bond donors (Lipinski definition) is 2. The Hall–Kier alpha value is -1.46. The fourth-order valence-electron chi connectivity index (χ4n) is 2.70. The summed E-state index contributed by atoms with van der Waals surface area (Å²) in [5.74, 6) is -0.333. The van der Waals surface area contributed by atoms with Crippen LogP contribution in [0.2, 0.25) is 0 Å². The Bertz CT molecular complexity index is 469. The van der Waals surface area contributed by atoms with Gasteiger partial charge < -0.3 is 10.6 Å². The fraction of sp³-hybridized carbons (Fsp3) is 0.462. The van der Waals surface area contributed by atoms with Crippen LogP contribution < -0.4 is 10.6 Å². The summed E-state index contributed by atoms with van der Waals surface area (Å²) < 4.78 is 13.3. The molecule has 0 saturated carbocycles. The first-order valence-corrected chi connectivity index (χ1v) is 6.31. The van der Waals surface area contributed by atoms with Crippen molar-refractivity contribution in [3.05, 3.63) is 29.6 Å². The van der Waals surface area contributed by atoms with E-state index in [0.717, 1.165) is 43.9 Å². The van der Waals surface area contributed by atoms with Gasteiger partial charge in [0.15, 0.2) is 0 Å². The molecule has 2 heterocycles. The monoisotopic (exact) mass is 249 g/mol. The lowest BCUT2D eigenvalue weighted by molar-refractivity contribution is -0.120. The molecular weight excluding hydrogens is 233 g/mol. The molecule has 1 saturated heterocycles. The first kappa shape index (κ1) is 11.6. The summed E-state index contributed by atoms with van der Waals surface area (Å²) in [6.45, 7) is 3.52. The van der Waals surface area contributed by atoms with Crippen LogP contribution in [0.3, 0.4) is 0 Å². The standard InChI is InChI=1S/C13H16FN3O/c14-9-2-3-11-10(8-9)12(13(18)16-11)17-6-1-4-15-5-7-17/h2-3,8,12,15H,1,4-7H2,(H,16,18). The van der Waals surface area contributed by atoms with Gasteiger partial charge in [-0.25, -0.2) is 4.39 Å². The normalized spacial score (nSPS) is 24.5. The number of anilines is 1. The molecule has 4 nitrogen and oxygen atoms in total. The molecule has 1 unspecified atom stereocenters. The van der Waals surface area contributed by atoms with Crippen molar-refractivity contribution in [1.29, 1.82) is 0 Å². The third-order valence-corrected chi connectivity index (χ3v) is 3.55. The maximum atomic E-state index is 13.3. The van der Waals surface area contributed by atoms with Crippen LogP contribution in [0, 0.1) is 5.82 Å². The van der Waals surface area contributed by atoms with E-state index in [4.69, 9.17) is 0 Å². The van der Waals surface area contributed by atoms with Crippen LogP contribution in [-0.4, -0.2) is 37.0 Å². The van der Waals surface area contributed by atoms with Gasteiger partial charge in [0, 0.05) is 30.9 Å². The third kappa shape index (κ3) is 2.00. The van der Waals surface area contributed by atoms with Gasteiger partial charge in [-0.05, 0) is 31.2 Å². The summed E-state index contributed by atoms with van der Waals surface area (Å²) in [4.78, 5) is 14.2. The third-order valence-electron chi connectivity index (χ3n) is 3.55. The zero-order valence-corrected chi connectivity index (χ0v) is 10.1. The summed E-state index contributed by atoms with van der Waals surface area (Å²) in [5.41, 5.74) is 1.51. The second kappa shape index (κ2) is 4.66. The van der Waals surface area contributed by atoms with Crippen molar-refractivity contribution in [2.24, 2.45) is 0 Å². The number of fused-ring (bicyclic) bond motifs is 1. The number of hydrogen-bond acceptors (Lipinski definition) is 3. The van der Waals surface area contributed by atoms with Crippen molar-refractivity contribution in [2.75, 3.05) is 31.5 Å². The summed E-state index contributed by atoms with van der Waals surface area (Å²) >= 11 is 0. The van der Waals surface area contributed by atoms with Crippen molar-refractivity contribution in [1.82, 2.24) is 10.2 Å². The molecular formula is C13H16FN3O. The van der Waals surface area contributed by atoms with Gasteiger partial charge in [0.2, 0.25) is 5.91 Å². The molecule has 0 radical (unpaired) electrons. The minimum atomic E-state index is -0.337. The number of rotatable bonds is 1. The summed E-state index contributed by atoms with van der Waals surface area (Å²) in [6.07, 6.45) is 1.01. The molecule has 1 amide bonds. The highest BCUT2D eigenvalue weighted by atomic mass is 19.1. The van der Waals surface area contributed by atoms with Crippen LogP contribution in [0.25, 0.3) is 0 Å². The average Bonchev–Trinajstić information content (AvgIpc) is 2.55. The van der Waals surface area contributed by atoms with Crippen LogP contribution in [0.15, 0.2) is 18.2 Å². The number of carbonyl (C=O) groups excluding carboxylic acids is 1. The molecule has 18 heavy (non-hydrogen) atoms. The largest absolute Gasteiger partial charge is 0.324 e. The number of benzene rings is 1. The van der Waals surface area contributed by atoms with Gasteiger partial charge in [-0.3, -0.25) is 9.69 Å². The molecule has 0 bridgehead atoms. The van der Waals surface area contributed by atoms with Gasteiger partial charge >= 0.3 is 0 Å². The Kier molecular flexibility index (Phi) is 3.01. The van der Waals surface area contributed by atoms with E-state index < -0.39 is 0 Å². The number of carbonyl (C=O) groups is 1. The number of nitrogens with zero attached hydrogens (tertiary/aromatic N) is 1. The maximum absolute atomic E-state index is 13.3. The van der Waals surface area contributed by atoms with E-state index in [2.05, 4.69) is 15.5 Å². The second-order valence-corrected chi connectivity index (χ2v) is 4.76. The van der Waals surface area contributed by atoms with Gasteiger partial charge in [-0.15, -0.1) is 0 Å². The van der Waals surface area contributed by atoms with E-state index in [1.54, 1.807) is 6.07 Å². The SMILES string of the molecule is O=C1Nc2ccc(F)cc2C1N1CCCNCC1. The maximum Gasteiger partial charge on any atom is 0.246 e. The number of halogens is 1. The highest BCUT2D eigenvalue weighted by molar-refractivity contribution is 6.02. The predicted octanol–water partition coefficient (Wildman–Crippen LogP) is 1.11. The van der Waals surface area contributed by atoms with E-state index in [1.165, 1.54) is 12.1 Å². The van der Waals surface area contributed by atoms with E-state index in [0.29, 0.717) is 0 Å². The minimum absolute atomic E-state index is 0.0440. The first-order chi connectivity index (χ1) is 8.75. The average molecular weight is 249 g/mol. The van der Waals surface area contributed by atoms with Crippen molar-refractivity contribution in [3.63, 3.8) is 0 Å². The molecule has 1 aromatic carbocycles. The quantitative estimate of drug-likeness (QED) is 0.783. The molecule has 0 aromatic heterocycles. The summed E-state index contributed by atoms with van der Waals surface area (Å²) in [6, 6.07) is 4.15. The van der Waals surface area contributed by atoms with Crippen molar-refractivity contribution >= 4 is 11.6 Å². The van der Waals surface area contributed by atoms with E-state index in [1.807, 2.05) is 0 Å². The van der Waals surface area contributed by atoms with Crippen molar-refractivity contribution < 1.29 is 9.18 Å². The Morgan fingerprint density at radius 3 is 3.06 bits per heavy atom. The van der Waals surface area contributed by atoms with Crippen molar-refractivity contribution in [2.45, 2.75) is 12.5 Å². The molecule has 5 heteroatoms. The van der Waals surface area contributed by atoms with Gasteiger partial charge in [0.1, 0.15) is 11.9 Å².